The number of carbonyl (C=O) groups excluding carboxylic acids is 2. The molecule has 0 rings (SSSR count). The molecule has 1 N–H and O–H groups in total. The van der Waals surface area contributed by atoms with Gasteiger partial charge >= 0.3 is 5.97 Å². The van der Waals surface area contributed by atoms with Gasteiger partial charge in [-0.3, -0.25) is 9.59 Å². The predicted octanol–water partition coefficient (Wildman–Crippen LogP) is 1.41. The molecule has 0 aromatic carbocycles. The maximum atomic E-state index is 11.2. The van der Waals surface area contributed by atoms with Crippen LogP contribution >= 0.6 is 0 Å². The Hall–Kier alpha value is -1.32. The summed E-state index contributed by atoms with van der Waals surface area (Å²) in [4.78, 5) is 22.1. The molecule has 4 nitrogen and oxygen atoms in total. The molecule has 1 amide bonds. The van der Waals surface area contributed by atoms with Gasteiger partial charge < -0.3 is 10.1 Å². The monoisotopic (exact) mass is 213 g/mol. The largest absolute Gasteiger partial charge is 0.466 e. The number of hydrogen-bond acceptors (Lipinski definition) is 3. The molecular weight excluding hydrogens is 194 g/mol. The molecule has 0 aliphatic carbocycles. The van der Waals surface area contributed by atoms with Crippen LogP contribution in [0.5, 0.6) is 0 Å². The molecule has 0 aromatic heterocycles. The lowest BCUT2D eigenvalue weighted by atomic mass is 10.3. The lowest BCUT2D eigenvalue weighted by molar-refractivity contribution is -0.144. The van der Waals surface area contributed by atoms with Crippen molar-refractivity contribution in [3.63, 3.8) is 0 Å². The maximum absolute atomic E-state index is 11.2. The summed E-state index contributed by atoms with van der Waals surface area (Å²) >= 11 is 0. The fourth-order valence-electron chi connectivity index (χ4n) is 0.999. The highest BCUT2D eigenvalue weighted by atomic mass is 16.5. The normalized spacial score (nSPS) is 10.3. The molecule has 0 unspecified atom stereocenters. The van der Waals surface area contributed by atoms with Gasteiger partial charge in [0, 0.05) is 13.0 Å². The molecule has 4 heteroatoms. The highest BCUT2D eigenvalue weighted by Gasteiger charge is 2.06. The van der Waals surface area contributed by atoms with E-state index < -0.39 is 0 Å². The summed E-state index contributed by atoms with van der Waals surface area (Å²) in [6.07, 6.45) is 5.09. The molecular formula is C11H19NO3. The van der Waals surface area contributed by atoms with Crippen molar-refractivity contribution in [3.8, 4) is 0 Å². The lowest BCUT2D eigenvalue weighted by Gasteiger charge is -2.03. The zero-order valence-corrected chi connectivity index (χ0v) is 9.41. The fraction of sp³-hybridized carbons (Fsp3) is 0.636. The standard InChI is InChI=1S/C11H19NO3/c1-3-5-6-9-12-10(13)7-8-11(14)15-4-2/h3,5H,4,6-9H2,1-2H3,(H,12,13)/b5-3+. The van der Waals surface area contributed by atoms with Crippen LogP contribution in [-0.2, 0) is 14.3 Å². The molecule has 0 bridgehead atoms. The van der Waals surface area contributed by atoms with Gasteiger partial charge in [-0.05, 0) is 20.3 Å². The zero-order chi connectivity index (χ0) is 11.5. The van der Waals surface area contributed by atoms with E-state index in [1.165, 1.54) is 0 Å². The molecule has 0 heterocycles. The van der Waals surface area contributed by atoms with Crippen LogP contribution in [0, 0.1) is 0 Å². The van der Waals surface area contributed by atoms with Crippen LogP contribution in [0.15, 0.2) is 12.2 Å². The molecule has 86 valence electrons. The van der Waals surface area contributed by atoms with Gasteiger partial charge in [-0.1, -0.05) is 12.2 Å². The number of hydrogen-bond donors (Lipinski definition) is 1. The van der Waals surface area contributed by atoms with Crippen molar-refractivity contribution < 1.29 is 14.3 Å². The number of rotatable bonds is 7. The van der Waals surface area contributed by atoms with Gasteiger partial charge in [-0.25, -0.2) is 0 Å². The van der Waals surface area contributed by atoms with Gasteiger partial charge in [0.1, 0.15) is 0 Å². The van der Waals surface area contributed by atoms with Crippen LogP contribution < -0.4 is 5.32 Å². The Morgan fingerprint density at radius 1 is 1.33 bits per heavy atom. The molecule has 0 aliphatic heterocycles. The maximum Gasteiger partial charge on any atom is 0.306 e. The molecule has 0 saturated carbocycles. The first kappa shape index (κ1) is 13.7. The van der Waals surface area contributed by atoms with E-state index in [-0.39, 0.29) is 24.7 Å². The Kier molecular flexibility index (Phi) is 8.43. The second-order valence-electron chi connectivity index (χ2n) is 3.01. The van der Waals surface area contributed by atoms with E-state index in [4.69, 9.17) is 4.74 Å². The first-order chi connectivity index (χ1) is 7.20. The van der Waals surface area contributed by atoms with Gasteiger partial charge in [0.2, 0.25) is 5.91 Å². The molecule has 0 aliphatic rings. The Labute approximate surface area is 90.7 Å². The second-order valence-corrected chi connectivity index (χ2v) is 3.01. The number of amides is 1. The molecule has 0 aromatic rings. The number of ether oxygens (including phenoxy) is 1. The number of nitrogens with one attached hydrogen (secondary N) is 1. The van der Waals surface area contributed by atoms with Gasteiger partial charge in [0.15, 0.2) is 0 Å². The fourth-order valence-corrected chi connectivity index (χ4v) is 0.999. The Balaban J connectivity index is 3.44. The first-order valence-electron chi connectivity index (χ1n) is 5.24. The summed E-state index contributed by atoms with van der Waals surface area (Å²) in [5, 5.41) is 2.72. The zero-order valence-electron chi connectivity index (χ0n) is 9.41. The third-order valence-corrected chi connectivity index (χ3v) is 1.73. The van der Waals surface area contributed by atoms with Crippen molar-refractivity contribution in [2.24, 2.45) is 0 Å². The van der Waals surface area contributed by atoms with E-state index >= 15 is 0 Å². The summed E-state index contributed by atoms with van der Waals surface area (Å²) in [5.74, 6) is -0.423. The summed E-state index contributed by atoms with van der Waals surface area (Å²) in [7, 11) is 0. The third kappa shape index (κ3) is 9.00. The van der Waals surface area contributed by atoms with Gasteiger partial charge in [0.25, 0.3) is 0 Å². The van der Waals surface area contributed by atoms with E-state index in [2.05, 4.69) is 5.32 Å². The van der Waals surface area contributed by atoms with E-state index in [1.807, 2.05) is 19.1 Å². The van der Waals surface area contributed by atoms with Gasteiger partial charge in [-0.15, -0.1) is 0 Å². The molecule has 15 heavy (non-hydrogen) atoms. The highest BCUT2D eigenvalue weighted by molar-refractivity contribution is 5.81. The Morgan fingerprint density at radius 2 is 2.07 bits per heavy atom. The van der Waals surface area contributed by atoms with E-state index in [1.54, 1.807) is 6.92 Å². The number of carbonyl (C=O) groups is 2. The number of esters is 1. The van der Waals surface area contributed by atoms with E-state index in [0.29, 0.717) is 13.2 Å². The van der Waals surface area contributed by atoms with Crippen LogP contribution in [0.4, 0.5) is 0 Å². The molecule has 0 atom stereocenters. The summed E-state index contributed by atoms with van der Waals surface area (Å²) in [6.45, 7) is 4.66. The van der Waals surface area contributed by atoms with Crippen molar-refractivity contribution in [1.29, 1.82) is 0 Å². The quantitative estimate of drug-likeness (QED) is 0.395. The van der Waals surface area contributed by atoms with Crippen LogP contribution in [0.1, 0.15) is 33.1 Å². The van der Waals surface area contributed by atoms with Crippen LogP contribution in [-0.4, -0.2) is 25.0 Å². The van der Waals surface area contributed by atoms with Gasteiger partial charge in [-0.2, -0.15) is 0 Å². The minimum Gasteiger partial charge on any atom is -0.466 e. The topological polar surface area (TPSA) is 55.4 Å². The predicted molar refractivity (Wildman–Crippen MR) is 58.3 cm³/mol. The summed E-state index contributed by atoms with van der Waals surface area (Å²) in [5.41, 5.74) is 0. The third-order valence-electron chi connectivity index (χ3n) is 1.73. The van der Waals surface area contributed by atoms with Crippen LogP contribution in [0.2, 0.25) is 0 Å². The highest BCUT2D eigenvalue weighted by Crippen LogP contribution is 1.93. The lowest BCUT2D eigenvalue weighted by Crippen LogP contribution is -2.24. The minimum atomic E-state index is -0.318. The molecule has 0 saturated heterocycles. The van der Waals surface area contributed by atoms with Crippen molar-refractivity contribution in [1.82, 2.24) is 5.32 Å². The van der Waals surface area contributed by atoms with Crippen molar-refractivity contribution in [3.05, 3.63) is 12.2 Å². The van der Waals surface area contributed by atoms with Gasteiger partial charge in [0.05, 0.1) is 13.0 Å². The second kappa shape index (κ2) is 9.24. The van der Waals surface area contributed by atoms with Crippen molar-refractivity contribution in [2.75, 3.05) is 13.2 Å². The summed E-state index contributed by atoms with van der Waals surface area (Å²) in [6, 6.07) is 0. The Bertz CT molecular complexity index is 224. The molecule has 0 fully saturated rings. The average molecular weight is 213 g/mol. The SMILES string of the molecule is C/C=C/CCNC(=O)CCC(=O)OCC. The minimum absolute atomic E-state index is 0.104. The average Bonchev–Trinajstić information content (AvgIpc) is 2.22. The van der Waals surface area contributed by atoms with Crippen LogP contribution in [0.3, 0.4) is 0 Å². The number of allylic oxidation sites excluding steroid dienone is 1. The first-order valence-corrected chi connectivity index (χ1v) is 5.24. The summed E-state index contributed by atoms with van der Waals surface area (Å²) < 4.78 is 4.71. The van der Waals surface area contributed by atoms with Crippen LogP contribution in [0.25, 0.3) is 0 Å². The van der Waals surface area contributed by atoms with E-state index in [0.717, 1.165) is 6.42 Å². The van der Waals surface area contributed by atoms with Crippen molar-refractivity contribution in [2.45, 2.75) is 33.1 Å². The van der Waals surface area contributed by atoms with E-state index in [9.17, 15) is 9.59 Å². The van der Waals surface area contributed by atoms with Crippen molar-refractivity contribution >= 4 is 11.9 Å². The molecule has 0 radical (unpaired) electrons. The smallest absolute Gasteiger partial charge is 0.306 e. The Morgan fingerprint density at radius 3 is 2.67 bits per heavy atom. The molecule has 0 spiro atoms.